The predicted octanol–water partition coefficient (Wildman–Crippen LogP) is 5.36. The lowest BCUT2D eigenvalue weighted by Crippen LogP contribution is -2.13. The van der Waals surface area contributed by atoms with Crippen molar-refractivity contribution in [2.75, 3.05) is 6.67 Å². The van der Waals surface area contributed by atoms with Crippen molar-refractivity contribution in [2.45, 2.75) is 84.0 Å². The van der Waals surface area contributed by atoms with Gasteiger partial charge in [0.25, 0.3) is 0 Å². The molecule has 0 rings (SSSR count). The molecule has 19 heavy (non-hydrogen) atoms. The zero-order chi connectivity index (χ0) is 14.3. The summed E-state index contributed by atoms with van der Waals surface area (Å²) in [5, 5.41) is 9.16. The number of rotatable bonds is 14. The fourth-order valence-corrected chi connectivity index (χ4v) is 2.40. The van der Waals surface area contributed by atoms with Gasteiger partial charge in [0.15, 0.2) is 0 Å². The molecule has 0 bridgehead atoms. The van der Waals surface area contributed by atoms with Gasteiger partial charge in [0.1, 0.15) is 0 Å². The quantitative estimate of drug-likeness (QED) is 0.433. The summed E-state index contributed by atoms with van der Waals surface area (Å²) in [5.41, 5.74) is 0. The Labute approximate surface area is 117 Å². The molecule has 0 aromatic heterocycles. The van der Waals surface area contributed by atoms with Crippen LogP contribution in [0.2, 0.25) is 0 Å². The van der Waals surface area contributed by atoms with Crippen molar-refractivity contribution in [3.63, 3.8) is 0 Å². The summed E-state index contributed by atoms with van der Waals surface area (Å²) in [6.45, 7) is 1.95. The van der Waals surface area contributed by atoms with Gasteiger partial charge >= 0.3 is 5.97 Å². The molecular formula is C16H31FO2. The Balaban J connectivity index is 3.51. The lowest BCUT2D eigenvalue weighted by atomic mass is 9.94. The summed E-state index contributed by atoms with van der Waals surface area (Å²) in [6, 6.07) is 0. The molecule has 0 amide bonds. The molecule has 0 radical (unpaired) electrons. The van der Waals surface area contributed by atoms with E-state index in [4.69, 9.17) is 5.11 Å². The van der Waals surface area contributed by atoms with Crippen molar-refractivity contribution in [3.05, 3.63) is 0 Å². The maximum absolute atomic E-state index is 11.9. The van der Waals surface area contributed by atoms with Crippen LogP contribution in [0, 0.1) is 5.92 Å². The molecule has 0 aromatic rings. The molecule has 0 heterocycles. The Morgan fingerprint density at radius 2 is 1.37 bits per heavy atom. The van der Waals surface area contributed by atoms with Gasteiger partial charge < -0.3 is 5.11 Å². The molecule has 0 saturated heterocycles. The van der Waals surface area contributed by atoms with Crippen molar-refractivity contribution >= 4 is 5.97 Å². The van der Waals surface area contributed by atoms with E-state index in [-0.39, 0.29) is 12.6 Å². The van der Waals surface area contributed by atoms with Crippen molar-refractivity contribution in [2.24, 2.45) is 5.92 Å². The molecule has 0 aliphatic heterocycles. The topological polar surface area (TPSA) is 37.3 Å². The van der Waals surface area contributed by atoms with E-state index in [0.29, 0.717) is 6.42 Å². The van der Waals surface area contributed by atoms with E-state index in [1.54, 1.807) is 0 Å². The van der Waals surface area contributed by atoms with Crippen LogP contribution in [0.1, 0.15) is 84.0 Å². The number of hydrogen-bond acceptors (Lipinski definition) is 1. The highest BCUT2D eigenvalue weighted by Crippen LogP contribution is 2.19. The number of carboxylic acid groups (broad SMARTS) is 1. The Morgan fingerprint density at radius 3 is 1.84 bits per heavy atom. The third-order valence-corrected chi connectivity index (χ3v) is 3.69. The minimum Gasteiger partial charge on any atom is -0.481 e. The second-order valence-corrected chi connectivity index (χ2v) is 5.48. The Kier molecular flexibility index (Phi) is 13.4. The molecule has 114 valence electrons. The van der Waals surface area contributed by atoms with Gasteiger partial charge in [-0.1, -0.05) is 64.7 Å². The predicted molar refractivity (Wildman–Crippen MR) is 78.2 cm³/mol. The zero-order valence-corrected chi connectivity index (χ0v) is 12.5. The molecule has 0 aliphatic carbocycles. The summed E-state index contributed by atoms with van der Waals surface area (Å²) in [4.78, 5) is 11.1. The van der Waals surface area contributed by atoms with E-state index in [1.165, 1.54) is 12.8 Å². The second-order valence-electron chi connectivity index (χ2n) is 5.48. The van der Waals surface area contributed by atoms with Gasteiger partial charge in [-0.3, -0.25) is 9.18 Å². The van der Waals surface area contributed by atoms with Gasteiger partial charge in [0.2, 0.25) is 0 Å². The van der Waals surface area contributed by atoms with Gasteiger partial charge in [0, 0.05) is 0 Å². The molecule has 0 spiro atoms. The number of aliphatic carboxylic acids is 1. The molecule has 1 atom stereocenters. The molecule has 0 aliphatic rings. The van der Waals surface area contributed by atoms with Crippen molar-refractivity contribution in [1.82, 2.24) is 0 Å². The summed E-state index contributed by atoms with van der Waals surface area (Å²) < 4.78 is 11.9. The number of alkyl halides is 1. The van der Waals surface area contributed by atoms with E-state index >= 15 is 0 Å². The molecule has 1 N–H and O–H groups in total. The standard InChI is InChI=1S/C16H31FO2/c1-2-3-4-9-12-15(16(18)19)13-10-7-5-6-8-11-14-17/h15H,2-14H2,1H3,(H,18,19). The number of carboxylic acids is 1. The first-order valence-electron chi connectivity index (χ1n) is 8.01. The molecule has 1 unspecified atom stereocenters. The lowest BCUT2D eigenvalue weighted by molar-refractivity contribution is -0.142. The van der Waals surface area contributed by atoms with E-state index in [9.17, 15) is 9.18 Å². The van der Waals surface area contributed by atoms with Crippen molar-refractivity contribution in [1.29, 1.82) is 0 Å². The van der Waals surface area contributed by atoms with Crippen LogP contribution in [0.15, 0.2) is 0 Å². The van der Waals surface area contributed by atoms with Crippen LogP contribution < -0.4 is 0 Å². The van der Waals surface area contributed by atoms with Gasteiger partial charge in [-0.25, -0.2) is 0 Å². The van der Waals surface area contributed by atoms with Gasteiger partial charge in [-0.15, -0.1) is 0 Å². The van der Waals surface area contributed by atoms with Gasteiger partial charge in [0.05, 0.1) is 12.6 Å². The Bertz CT molecular complexity index is 207. The summed E-state index contributed by atoms with van der Waals surface area (Å²) in [6.07, 6.45) is 12.2. The second kappa shape index (κ2) is 13.8. The van der Waals surface area contributed by atoms with E-state index in [2.05, 4.69) is 6.92 Å². The van der Waals surface area contributed by atoms with Crippen LogP contribution in [0.4, 0.5) is 4.39 Å². The Hall–Kier alpha value is -0.600. The van der Waals surface area contributed by atoms with E-state index in [0.717, 1.165) is 57.8 Å². The number of carbonyl (C=O) groups is 1. The third kappa shape index (κ3) is 12.2. The van der Waals surface area contributed by atoms with E-state index in [1.807, 2.05) is 0 Å². The monoisotopic (exact) mass is 274 g/mol. The maximum atomic E-state index is 11.9. The van der Waals surface area contributed by atoms with Crippen molar-refractivity contribution in [3.8, 4) is 0 Å². The summed E-state index contributed by atoms with van der Waals surface area (Å²) in [7, 11) is 0. The minimum absolute atomic E-state index is 0.150. The van der Waals surface area contributed by atoms with Crippen LogP contribution in [0.25, 0.3) is 0 Å². The molecule has 0 aromatic carbocycles. The smallest absolute Gasteiger partial charge is 0.306 e. The highest BCUT2D eigenvalue weighted by molar-refractivity contribution is 5.69. The summed E-state index contributed by atoms with van der Waals surface area (Å²) in [5.74, 6) is -0.781. The van der Waals surface area contributed by atoms with Crippen LogP contribution in [-0.4, -0.2) is 17.8 Å². The van der Waals surface area contributed by atoms with Crippen LogP contribution in [0.3, 0.4) is 0 Å². The summed E-state index contributed by atoms with van der Waals surface area (Å²) >= 11 is 0. The SMILES string of the molecule is CCCCCCC(CCCCCCCCF)C(=O)O. The highest BCUT2D eigenvalue weighted by Gasteiger charge is 2.15. The lowest BCUT2D eigenvalue weighted by Gasteiger charge is -2.11. The zero-order valence-electron chi connectivity index (χ0n) is 12.5. The molecule has 0 fully saturated rings. The molecular weight excluding hydrogens is 243 g/mol. The van der Waals surface area contributed by atoms with Crippen LogP contribution >= 0.6 is 0 Å². The Morgan fingerprint density at radius 1 is 0.895 bits per heavy atom. The van der Waals surface area contributed by atoms with Crippen molar-refractivity contribution < 1.29 is 14.3 Å². The number of hydrogen-bond donors (Lipinski definition) is 1. The number of unbranched alkanes of at least 4 members (excludes halogenated alkanes) is 8. The molecule has 0 saturated carbocycles. The molecule has 2 nitrogen and oxygen atoms in total. The minimum atomic E-state index is -0.631. The van der Waals surface area contributed by atoms with Crippen LogP contribution in [-0.2, 0) is 4.79 Å². The van der Waals surface area contributed by atoms with Gasteiger partial charge in [-0.05, 0) is 19.3 Å². The largest absolute Gasteiger partial charge is 0.481 e. The van der Waals surface area contributed by atoms with E-state index < -0.39 is 5.97 Å². The first kappa shape index (κ1) is 18.4. The maximum Gasteiger partial charge on any atom is 0.306 e. The number of halogens is 1. The fourth-order valence-electron chi connectivity index (χ4n) is 2.40. The van der Waals surface area contributed by atoms with Gasteiger partial charge in [-0.2, -0.15) is 0 Å². The normalized spacial score (nSPS) is 12.5. The average Bonchev–Trinajstić information content (AvgIpc) is 2.39. The average molecular weight is 274 g/mol. The highest BCUT2D eigenvalue weighted by atomic mass is 19.1. The fraction of sp³-hybridized carbons (Fsp3) is 0.938. The third-order valence-electron chi connectivity index (χ3n) is 3.69. The first-order valence-corrected chi connectivity index (χ1v) is 8.01. The first-order chi connectivity index (χ1) is 9.22. The van der Waals surface area contributed by atoms with Crippen LogP contribution in [0.5, 0.6) is 0 Å². The molecule has 3 heteroatoms.